The normalized spacial score (nSPS) is 37.4. The molecule has 2 atom stereocenters. The van der Waals surface area contributed by atoms with E-state index in [1.165, 1.54) is 0 Å². The van der Waals surface area contributed by atoms with Gasteiger partial charge in [-0.05, 0) is 6.92 Å². The van der Waals surface area contributed by atoms with E-state index in [1.54, 1.807) is 6.92 Å². The molecule has 5 heteroatoms. The maximum absolute atomic E-state index is 10.2. The van der Waals surface area contributed by atoms with Crippen molar-refractivity contribution in [2.24, 2.45) is 0 Å². The predicted octanol–water partition coefficient (Wildman–Crippen LogP) is -0.0911. The van der Waals surface area contributed by atoms with Crippen LogP contribution in [0, 0.1) is 0 Å². The van der Waals surface area contributed by atoms with Gasteiger partial charge in [0.05, 0.1) is 6.10 Å². The molecule has 2 N–H and O–H groups in total. The Labute approximate surface area is 46.6 Å². The van der Waals surface area contributed by atoms with Crippen LogP contribution in [0.5, 0.6) is 0 Å². The molecule has 4 nitrogen and oxygen atoms in total. The van der Waals surface area contributed by atoms with Gasteiger partial charge in [0.15, 0.2) is 5.85 Å². The van der Waals surface area contributed by atoms with Crippen LogP contribution in [0.3, 0.4) is 0 Å². The van der Waals surface area contributed by atoms with Crippen molar-refractivity contribution < 1.29 is 19.1 Å². The summed E-state index contributed by atoms with van der Waals surface area (Å²) in [6.07, 6.45) is -0.254. The Hall–Kier alpha value is 0.110. The third-order valence-electron chi connectivity index (χ3n) is 1.01. The van der Waals surface area contributed by atoms with Crippen LogP contribution in [-0.2, 0) is 9.30 Å². The first kappa shape index (κ1) is 6.23. The van der Waals surface area contributed by atoms with E-state index in [9.17, 15) is 4.57 Å². The molecule has 1 saturated heterocycles. The highest BCUT2D eigenvalue weighted by Gasteiger charge is 2.48. The number of epoxide rings is 1. The molecule has 0 radical (unpaired) electrons. The summed E-state index contributed by atoms with van der Waals surface area (Å²) in [6.45, 7) is 1.63. The van der Waals surface area contributed by atoms with Gasteiger partial charge in [-0.1, -0.05) is 0 Å². The molecule has 1 fully saturated rings. The maximum Gasteiger partial charge on any atom is 0.356 e. The van der Waals surface area contributed by atoms with Crippen LogP contribution in [-0.4, -0.2) is 21.7 Å². The van der Waals surface area contributed by atoms with Crippen molar-refractivity contribution >= 4 is 7.60 Å². The fourth-order valence-electron chi connectivity index (χ4n) is 0.527. The number of rotatable bonds is 1. The van der Waals surface area contributed by atoms with Crippen molar-refractivity contribution in [1.29, 1.82) is 0 Å². The Morgan fingerprint density at radius 2 is 2.00 bits per heavy atom. The lowest BCUT2D eigenvalue weighted by atomic mass is 10.6. The first-order valence-electron chi connectivity index (χ1n) is 2.22. The van der Waals surface area contributed by atoms with E-state index < -0.39 is 13.4 Å². The molecule has 0 aromatic heterocycles. The zero-order chi connectivity index (χ0) is 6.36. The molecule has 0 bridgehead atoms. The third kappa shape index (κ3) is 1.09. The molecule has 0 aromatic rings. The molecule has 1 heterocycles. The minimum atomic E-state index is -3.90. The zero-order valence-electron chi connectivity index (χ0n) is 4.31. The molecule has 1 aliphatic heterocycles. The molecule has 48 valence electrons. The molecule has 0 saturated carbocycles. The van der Waals surface area contributed by atoms with E-state index in [0.717, 1.165) is 0 Å². The lowest BCUT2D eigenvalue weighted by molar-refractivity contribution is 0.333. The van der Waals surface area contributed by atoms with Crippen molar-refractivity contribution in [3.63, 3.8) is 0 Å². The van der Waals surface area contributed by atoms with Crippen LogP contribution < -0.4 is 0 Å². The van der Waals surface area contributed by atoms with Crippen molar-refractivity contribution in [2.75, 3.05) is 0 Å². The average Bonchev–Trinajstić information content (AvgIpc) is 2.13. The number of ether oxygens (including phenoxy) is 1. The van der Waals surface area contributed by atoms with Crippen LogP contribution in [0.15, 0.2) is 0 Å². The van der Waals surface area contributed by atoms with Crippen LogP contribution in [0.4, 0.5) is 0 Å². The smallest absolute Gasteiger partial charge is 0.356 e. The molecular formula is C3H7O4P. The molecular weight excluding hydrogens is 131 g/mol. The minimum absolute atomic E-state index is 0.254. The summed E-state index contributed by atoms with van der Waals surface area (Å²) in [6, 6.07) is 0. The van der Waals surface area contributed by atoms with Gasteiger partial charge in [0, 0.05) is 0 Å². The van der Waals surface area contributed by atoms with Gasteiger partial charge in [0.2, 0.25) is 0 Å². The van der Waals surface area contributed by atoms with E-state index in [0.29, 0.717) is 0 Å². The van der Waals surface area contributed by atoms with Crippen molar-refractivity contribution in [1.82, 2.24) is 0 Å². The molecule has 1 aliphatic rings. The second-order valence-corrected chi connectivity index (χ2v) is 3.51. The predicted molar refractivity (Wildman–Crippen MR) is 26.4 cm³/mol. The van der Waals surface area contributed by atoms with Gasteiger partial charge in [-0.3, -0.25) is 4.57 Å². The van der Waals surface area contributed by atoms with Gasteiger partial charge >= 0.3 is 7.60 Å². The minimum Gasteiger partial charge on any atom is -0.356 e. The van der Waals surface area contributed by atoms with Crippen LogP contribution in [0.1, 0.15) is 6.92 Å². The Balaban J connectivity index is 2.52. The number of hydrogen-bond donors (Lipinski definition) is 2. The van der Waals surface area contributed by atoms with E-state index in [4.69, 9.17) is 9.79 Å². The monoisotopic (exact) mass is 138 g/mol. The van der Waals surface area contributed by atoms with Crippen LogP contribution >= 0.6 is 7.60 Å². The van der Waals surface area contributed by atoms with Gasteiger partial charge in [0.1, 0.15) is 0 Å². The largest absolute Gasteiger partial charge is 0.356 e. The first-order chi connectivity index (χ1) is 3.52. The van der Waals surface area contributed by atoms with Crippen molar-refractivity contribution in [3.05, 3.63) is 0 Å². The maximum atomic E-state index is 10.2. The fraction of sp³-hybridized carbons (Fsp3) is 1.00. The highest BCUT2D eigenvalue weighted by atomic mass is 31.2. The highest BCUT2D eigenvalue weighted by Crippen LogP contribution is 2.52. The van der Waals surface area contributed by atoms with Crippen LogP contribution in [0.25, 0.3) is 0 Å². The van der Waals surface area contributed by atoms with Gasteiger partial charge in [-0.25, -0.2) is 0 Å². The molecule has 8 heavy (non-hydrogen) atoms. The lowest BCUT2D eigenvalue weighted by Crippen LogP contribution is -1.89. The van der Waals surface area contributed by atoms with E-state index >= 15 is 0 Å². The first-order valence-corrected chi connectivity index (χ1v) is 3.90. The molecule has 1 unspecified atom stereocenters. The summed E-state index contributed by atoms with van der Waals surface area (Å²) >= 11 is 0. The quantitative estimate of drug-likeness (QED) is 0.392. The molecule has 0 aromatic carbocycles. The summed E-state index contributed by atoms with van der Waals surface area (Å²) in [5, 5.41) is 0. The summed E-state index contributed by atoms with van der Waals surface area (Å²) < 4.78 is 14.7. The molecule has 0 aliphatic carbocycles. The third-order valence-corrected chi connectivity index (χ3v) is 2.22. The zero-order valence-corrected chi connectivity index (χ0v) is 5.21. The van der Waals surface area contributed by atoms with Crippen molar-refractivity contribution in [2.45, 2.75) is 18.9 Å². The second kappa shape index (κ2) is 1.54. The Bertz CT molecular complexity index is 138. The van der Waals surface area contributed by atoms with Crippen molar-refractivity contribution in [3.8, 4) is 0 Å². The Morgan fingerprint density at radius 3 is 2.00 bits per heavy atom. The average molecular weight is 138 g/mol. The Kier molecular flexibility index (Phi) is 1.20. The molecule has 0 spiro atoms. The Morgan fingerprint density at radius 1 is 1.62 bits per heavy atom. The summed E-state index contributed by atoms with van der Waals surface area (Å²) in [5.41, 5.74) is 0. The van der Waals surface area contributed by atoms with Gasteiger partial charge in [-0.15, -0.1) is 0 Å². The summed E-state index contributed by atoms with van der Waals surface area (Å²) in [5.74, 6) is -0.817. The highest BCUT2D eigenvalue weighted by molar-refractivity contribution is 7.52. The lowest BCUT2D eigenvalue weighted by Gasteiger charge is -1.93. The SMILES string of the molecule is C[C@H]1OC1P(=O)(O)O. The topological polar surface area (TPSA) is 70.1 Å². The summed E-state index contributed by atoms with van der Waals surface area (Å²) in [4.78, 5) is 16.6. The van der Waals surface area contributed by atoms with E-state index in [-0.39, 0.29) is 6.10 Å². The fourth-order valence-corrected chi connectivity index (χ4v) is 1.42. The van der Waals surface area contributed by atoms with Crippen LogP contribution in [0.2, 0.25) is 0 Å². The van der Waals surface area contributed by atoms with Gasteiger partial charge in [-0.2, -0.15) is 0 Å². The van der Waals surface area contributed by atoms with E-state index in [1.807, 2.05) is 0 Å². The molecule has 1 rings (SSSR count). The molecule has 0 amide bonds. The summed E-state index contributed by atoms with van der Waals surface area (Å²) in [7, 11) is -3.90. The standard InChI is InChI=1S/C3H7O4P/c1-2-3(7-2)8(4,5)6/h2-3H,1H3,(H2,4,5,6)/t2-,3?/m1/s1. The van der Waals surface area contributed by atoms with E-state index in [2.05, 4.69) is 4.74 Å². The van der Waals surface area contributed by atoms with Gasteiger partial charge in [0.25, 0.3) is 0 Å². The second-order valence-electron chi connectivity index (χ2n) is 1.82. The number of hydrogen-bond acceptors (Lipinski definition) is 2. The van der Waals surface area contributed by atoms with Gasteiger partial charge < -0.3 is 14.5 Å².